The number of anilines is 1. The van der Waals surface area contributed by atoms with Crippen molar-refractivity contribution in [1.82, 2.24) is 0 Å². The van der Waals surface area contributed by atoms with Crippen molar-refractivity contribution in [3.05, 3.63) is 29.6 Å². The van der Waals surface area contributed by atoms with Crippen molar-refractivity contribution in [3.8, 4) is 6.07 Å². The summed E-state index contributed by atoms with van der Waals surface area (Å²) in [4.78, 5) is 11.6. The van der Waals surface area contributed by atoms with E-state index >= 15 is 0 Å². The molecule has 0 aliphatic heterocycles. The molecule has 1 aliphatic carbocycles. The van der Waals surface area contributed by atoms with Crippen LogP contribution in [0.25, 0.3) is 0 Å². The van der Waals surface area contributed by atoms with E-state index in [-0.39, 0.29) is 12.2 Å². The molecule has 1 saturated carbocycles. The first kappa shape index (κ1) is 13.3. The largest absolute Gasteiger partial charge is 0.462 e. The Labute approximate surface area is 111 Å². The van der Waals surface area contributed by atoms with Gasteiger partial charge in [0.25, 0.3) is 0 Å². The fourth-order valence-electron chi connectivity index (χ4n) is 2.04. The number of carbonyl (C=O) groups is 1. The lowest BCUT2D eigenvalue weighted by Crippen LogP contribution is -2.43. The van der Waals surface area contributed by atoms with E-state index in [0.717, 1.165) is 19.3 Å². The molecule has 2 rings (SSSR count). The van der Waals surface area contributed by atoms with Crippen molar-refractivity contribution in [2.24, 2.45) is 0 Å². The maximum atomic E-state index is 13.6. The summed E-state index contributed by atoms with van der Waals surface area (Å²) < 4.78 is 18.3. The van der Waals surface area contributed by atoms with Gasteiger partial charge in [-0.1, -0.05) is 0 Å². The molecule has 1 N–H and O–H groups in total. The van der Waals surface area contributed by atoms with Crippen LogP contribution < -0.4 is 5.32 Å². The van der Waals surface area contributed by atoms with Crippen LogP contribution in [0.1, 0.15) is 36.5 Å². The monoisotopic (exact) mass is 262 g/mol. The van der Waals surface area contributed by atoms with Crippen molar-refractivity contribution in [3.63, 3.8) is 0 Å². The molecule has 1 fully saturated rings. The van der Waals surface area contributed by atoms with E-state index in [9.17, 15) is 9.18 Å². The SMILES string of the molecule is CCOC(=O)c1cc(NC2(C#N)CCC2)ccc1F. The molecule has 19 heavy (non-hydrogen) atoms. The highest BCUT2D eigenvalue weighted by molar-refractivity contribution is 5.90. The first-order chi connectivity index (χ1) is 9.10. The summed E-state index contributed by atoms with van der Waals surface area (Å²) >= 11 is 0. The van der Waals surface area contributed by atoms with Gasteiger partial charge >= 0.3 is 5.97 Å². The Kier molecular flexibility index (Phi) is 3.70. The highest BCUT2D eigenvalue weighted by atomic mass is 19.1. The van der Waals surface area contributed by atoms with E-state index in [1.54, 1.807) is 6.92 Å². The minimum atomic E-state index is -0.691. The maximum absolute atomic E-state index is 13.6. The van der Waals surface area contributed by atoms with Crippen LogP contribution in [0, 0.1) is 17.1 Å². The summed E-state index contributed by atoms with van der Waals surface area (Å²) in [7, 11) is 0. The molecule has 0 unspecified atom stereocenters. The lowest BCUT2D eigenvalue weighted by molar-refractivity contribution is 0.0521. The third kappa shape index (κ3) is 2.68. The van der Waals surface area contributed by atoms with Gasteiger partial charge in [-0.15, -0.1) is 0 Å². The number of ether oxygens (including phenoxy) is 1. The molecule has 0 bridgehead atoms. The average molecular weight is 262 g/mol. The molecular formula is C14H15FN2O2. The van der Waals surface area contributed by atoms with E-state index in [2.05, 4.69) is 11.4 Å². The Morgan fingerprint density at radius 2 is 2.32 bits per heavy atom. The molecule has 0 atom stereocenters. The van der Waals surface area contributed by atoms with Gasteiger partial charge in [-0.25, -0.2) is 9.18 Å². The van der Waals surface area contributed by atoms with Crippen LogP contribution in [0.4, 0.5) is 10.1 Å². The number of carbonyl (C=O) groups excluding carboxylic acids is 1. The van der Waals surface area contributed by atoms with Crippen LogP contribution in [-0.4, -0.2) is 18.1 Å². The Morgan fingerprint density at radius 1 is 1.58 bits per heavy atom. The van der Waals surface area contributed by atoms with Gasteiger partial charge in [-0.05, 0) is 44.4 Å². The Hall–Kier alpha value is -2.09. The predicted molar refractivity (Wildman–Crippen MR) is 68.2 cm³/mol. The lowest BCUT2D eigenvalue weighted by Gasteiger charge is -2.36. The molecule has 5 heteroatoms. The van der Waals surface area contributed by atoms with E-state index in [4.69, 9.17) is 10.00 Å². The molecule has 0 aromatic heterocycles. The summed E-state index contributed by atoms with van der Waals surface area (Å²) in [6.45, 7) is 1.86. The number of halogens is 1. The van der Waals surface area contributed by atoms with Crippen LogP contribution in [0.15, 0.2) is 18.2 Å². The predicted octanol–water partition coefficient (Wildman–Crippen LogP) is 2.86. The summed E-state index contributed by atoms with van der Waals surface area (Å²) in [5, 5.41) is 12.2. The van der Waals surface area contributed by atoms with E-state index < -0.39 is 17.3 Å². The number of hydrogen-bond donors (Lipinski definition) is 1. The van der Waals surface area contributed by atoms with Gasteiger partial charge in [0.2, 0.25) is 0 Å². The minimum absolute atomic E-state index is 0.112. The Balaban J connectivity index is 2.21. The zero-order chi connectivity index (χ0) is 13.9. The van der Waals surface area contributed by atoms with E-state index in [1.807, 2.05) is 0 Å². The number of nitrogens with one attached hydrogen (secondary N) is 1. The summed E-state index contributed by atoms with van der Waals surface area (Å²) in [6, 6.07) is 6.35. The van der Waals surface area contributed by atoms with Gasteiger partial charge in [0, 0.05) is 5.69 Å². The molecule has 1 aliphatic rings. The number of hydrogen-bond acceptors (Lipinski definition) is 4. The normalized spacial score (nSPS) is 16.1. The van der Waals surface area contributed by atoms with Gasteiger partial charge < -0.3 is 10.1 Å². The molecule has 100 valence electrons. The third-order valence-corrected chi connectivity index (χ3v) is 3.27. The molecule has 0 radical (unpaired) electrons. The highest BCUT2D eigenvalue weighted by Crippen LogP contribution is 2.35. The average Bonchev–Trinajstić information content (AvgIpc) is 2.36. The van der Waals surface area contributed by atoms with Crippen LogP contribution >= 0.6 is 0 Å². The molecule has 0 amide bonds. The van der Waals surface area contributed by atoms with Crippen molar-refractivity contribution in [1.29, 1.82) is 5.26 Å². The van der Waals surface area contributed by atoms with Crippen molar-refractivity contribution < 1.29 is 13.9 Å². The second-order valence-electron chi connectivity index (χ2n) is 4.59. The van der Waals surface area contributed by atoms with Gasteiger partial charge in [0.1, 0.15) is 11.4 Å². The summed E-state index contributed by atoms with van der Waals surface area (Å²) in [6.07, 6.45) is 2.51. The fraction of sp³-hybridized carbons (Fsp3) is 0.429. The van der Waals surface area contributed by atoms with Gasteiger partial charge in [-0.3, -0.25) is 0 Å². The first-order valence-electron chi connectivity index (χ1n) is 6.26. The Morgan fingerprint density at radius 3 is 2.84 bits per heavy atom. The van der Waals surface area contributed by atoms with Crippen LogP contribution in [0.2, 0.25) is 0 Å². The van der Waals surface area contributed by atoms with Crippen molar-refractivity contribution >= 4 is 11.7 Å². The lowest BCUT2D eigenvalue weighted by atomic mass is 9.78. The molecule has 0 heterocycles. The number of benzene rings is 1. The topological polar surface area (TPSA) is 62.1 Å². The zero-order valence-electron chi connectivity index (χ0n) is 10.7. The highest BCUT2D eigenvalue weighted by Gasteiger charge is 2.37. The fourth-order valence-corrected chi connectivity index (χ4v) is 2.04. The summed E-state index contributed by atoms with van der Waals surface area (Å²) in [5.74, 6) is -1.31. The van der Waals surface area contributed by atoms with E-state index in [0.29, 0.717) is 5.69 Å². The molecule has 1 aromatic rings. The van der Waals surface area contributed by atoms with Crippen molar-refractivity contribution in [2.75, 3.05) is 11.9 Å². The first-order valence-corrected chi connectivity index (χ1v) is 6.26. The van der Waals surface area contributed by atoms with Gasteiger partial charge in [0.15, 0.2) is 0 Å². The van der Waals surface area contributed by atoms with E-state index in [1.165, 1.54) is 18.2 Å². The smallest absolute Gasteiger partial charge is 0.341 e. The molecule has 1 aromatic carbocycles. The Bertz CT molecular complexity index is 533. The van der Waals surface area contributed by atoms with Crippen LogP contribution in [0.3, 0.4) is 0 Å². The number of nitrogens with zero attached hydrogens (tertiary/aromatic N) is 1. The number of esters is 1. The quantitative estimate of drug-likeness (QED) is 0.847. The second kappa shape index (κ2) is 5.27. The minimum Gasteiger partial charge on any atom is -0.462 e. The number of rotatable bonds is 4. The molecule has 4 nitrogen and oxygen atoms in total. The standard InChI is InChI=1S/C14H15FN2O2/c1-2-19-13(18)11-8-10(4-5-12(11)15)17-14(9-16)6-3-7-14/h4-5,8,17H,2-3,6-7H2,1H3. The molecule has 0 spiro atoms. The van der Waals surface area contributed by atoms with Crippen molar-refractivity contribution in [2.45, 2.75) is 31.7 Å². The summed E-state index contributed by atoms with van der Waals surface area (Å²) in [5.41, 5.74) is -0.131. The van der Waals surface area contributed by atoms with Gasteiger partial charge in [0.05, 0.1) is 18.2 Å². The third-order valence-electron chi connectivity index (χ3n) is 3.27. The zero-order valence-corrected chi connectivity index (χ0v) is 10.7. The van der Waals surface area contributed by atoms with Gasteiger partial charge in [-0.2, -0.15) is 5.26 Å². The maximum Gasteiger partial charge on any atom is 0.341 e. The second-order valence-corrected chi connectivity index (χ2v) is 4.59. The number of nitriles is 1. The molecular weight excluding hydrogens is 247 g/mol. The van der Waals surface area contributed by atoms with Crippen LogP contribution in [-0.2, 0) is 4.74 Å². The van der Waals surface area contributed by atoms with Crippen LogP contribution in [0.5, 0.6) is 0 Å². The molecule has 0 saturated heterocycles.